The summed E-state index contributed by atoms with van der Waals surface area (Å²) < 4.78 is 3.67. The van der Waals surface area contributed by atoms with Gasteiger partial charge in [-0.15, -0.1) is 11.8 Å². The number of nitrogens with zero attached hydrogens (tertiary/aromatic N) is 2. The van der Waals surface area contributed by atoms with E-state index in [0.29, 0.717) is 0 Å². The number of hydrogen-bond donors (Lipinski definition) is 3. The fraction of sp³-hybridized carbons (Fsp3) is 0.583. The summed E-state index contributed by atoms with van der Waals surface area (Å²) in [5.41, 5.74) is -0.559. The van der Waals surface area contributed by atoms with Gasteiger partial charge < -0.3 is 25.1 Å². The van der Waals surface area contributed by atoms with Crippen LogP contribution in [-0.4, -0.2) is 84.9 Å². The molecular formula is C12H13Br2N3O8S. The van der Waals surface area contributed by atoms with Gasteiger partial charge in [-0.05, 0) is 0 Å². The predicted octanol–water partition coefficient (Wildman–Crippen LogP) is -0.545. The number of aliphatic hydroxyl groups is 1. The van der Waals surface area contributed by atoms with Gasteiger partial charge in [-0.1, -0.05) is 37.0 Å². The highest BCUT2D eigenvalue weighted by molar-refractivity contribution is 9.25. The Bertz CT molecular complexity index is 660. The zero-order chi connectivity index (χ0) is 19.6. The number of hydrogen-bond acceptors (Lipinski definition) is 9. The standard InChI is InChI=1S/C12H13Br2N3O8S/c1-24-16-4(6(19)7(13)14)8(20)15-5-9(21)17-10(25-12(22)23)3(18)2-26-11(5)17/h3,5,7,10-11,18H,2H2,1H3,(H,15,20)(H,22,23)/t3?,5?,10?,11-/m0/s1. The summed E-state index contributed by atoms with van der Waals surface area (Å²) >= 11 is 7.04. The first-order valence-corrected chi connectivity index (χ1v) is 9.82. The lowest BCUT2D eigenvalue weighted by atomic mass is 10.0. The number of ketones is 1. The molecule has 0 aliphatic carbocycles. The highest BCUT2D eigenvalue weighted by Gasteiger charge is 2.57. The van der Waals surface area contributed by atoms with Crippen molar-refractivity contribution in [1.29, 1.82) is 0 Å². The molecular weight excluding hydrogens is 506 g/mol. The van der Waals surface area contributed by atoms with Gasteiger partial charge >= 0.3 is 6.16 Å². The van der Waals surface area contributed by atoms with Crippen molar-refractivity contribution in [2.24, 2.45) is 5.16 Å². The first kappa shape index (κ1) is 20.9. The number of Topliss-reactive ketones (excluding diaryl/α,β-unsaturated/α-hetero) is 1. The molecule has 14 heteroatoms. The van der Waals surface area contributed by atoms with Crippen LogP contribution < -0.4 is 5.32 Å². The first-order chi connectivity index (χ1) is 12.2. The maximum Gasteiger partial charge on any atom is 0.507 e. The van der Waals surface area contributed by atoms with Crippen LogP contribution >= 0.6 is 43.6 Å². The Kier molecular flexibility index (Phi) is 6.87. The lowest BCUT2D eigenvalue weighted by molar-refractivity contribution is -0.176. The number of thioether (sulfide) groups is 1. The fourth-order valence-electron chi connectivity index (χ4n) is 2.37. The highest BCUT2D eigenvalue weighted by Crippen LogP contribution is 2.38. The number of carbonyl (C=O) groups is 4. The average molecular weight is 519 g/mol. The summed E-state index contributed by atoms with van der Waals surface area (Å²) in [7, 11) is 1.15. The number of β-lactam (4-membered cyclic amide) rings is 1. The number of aliphatic hydroxyl groups excluding tert-OH is 1. The summed E-state index contributed by atoms with van der Waals surface area (Å²) in [5.74, 6) is -2.20. The van der Waals surface area contributed by atoms with E-state index >= 15 is 0 Å². The molecule has 0 aromatic rings. The summed E-state index contributed by atoms with van der Waals surface area (Å²) in [6.45, 7) is 0. The van der Waals surface area contributed by atoms with Crippen LogP contribution in [0.2, 0.25) is 0 Å². The molecule has 26 heavy (non-hydrogen) atoms. The Labute approximate surface area is 167 Å². The molecule has 2 aliphatic rings. The zero-order valence-corrected chi connectivity index (χ0v) is 17.0. The topological polar surface area (TPSA) is 155 Å². The van der Waals surface area contributed by atoms with Gasteiger partial charge in [0.2, 0.25) is 17.7 Å². The van der Waals surface area contributed by atoms with E-state index in [2.05, 4.69) is 51.9 Å². The SMILES string of the molecule is CON=C(C(=O)NC1C(=O)N2C(OC(=O)O)C(O)CS[C@@H]12)C(=O)C(Br)Br. The smallest absolute Gasteiger partial charge is 0.450 e. The Hall–Kier alpha value is -1.38. The number of alkyl halides is 2. The van der Waals surface area contributed by atoms with Gasteiger partial charge in [-0.25, -0.2) is 4.79 Å². The monoisotopic (exact) mass is 517 g/mol. The molecule has 2 fully saturated rings. The minimum Gasteiger partial charge on any atom is -0.450 e. The van der Waals surface area contributed by atoms with E-state index in [1.54, 1.807) is 0 Å². The van der Waals surface area contributed by atoms with E-state index < -0.39 is 56.9 Å². The van der Waals surface area contributed by atoms with Crippen LogP contribution in [0.25, 0.3) is 0 Å². The number of nitrogens with one attached hydrogen (secondary N) is 1. The molecule has 3 N–H and O–H groups in total. The van der Waals surface area contributed by atoms with Gasteiger partial charge in [0.1, 0.15) is 28.4 Å². The molecule has 2 amide bonds. The number of fused-ring (bicyclic) bond motifs is 1. The summed E-state index contributed by atoms with van der Waals surface area (Å²) in [5, 5.41) is 23.7. The van der Waals surface area contributed by atoms with E-state index in [1.165, 1.54) is 0 Å². The third-order valence-electron chi connectivity index (χ3n) is 3.46. The Morgan fingerprint density at radius 2 is 2.08 bits per heavy atom. The second-order valence-corrected chi connectivity index (χ2v) is 9.26. The molecule has 4 atom stereocenters. The van der Waals surface area contributed by atoms with Crippen LogP contribution in [-0.2, 0) is 24.0 Å². The Balaban J connectivity index is 2.11. The highest BCUT2D eigenvalue weighted by atomic mass is 79.9. The lowest BCUT2D eigenvalue weighted by Gasteiger charge is -2.53. The molecule has 2 saturated heterocycles. The van der Waals surface area contributed by atoms with E-state index in [9.17, 15) is 24.3 Å². The van der Waals surface area contributed by atoms with Crippen molar-refractivity contribution in [2.75, 3.05) is 12.9 Å². The quantitative estimate of drug-likeness (QED) is 0.105. The van der Waals surface area contributed by atoms with Gasteiger partial charge in [-0.3, -0.25) is 19.3 Å². The minimum absolute atomic E-state index is 0.0988. The van der Waals surface area contributed by atoms with E-state index in [0.717, 1.165) is 23.8 Å². The Morgan fingerprint density at radius 1 is 1.42 bits per heavy atom. The number of carbonyl (C=O) groups excluding carboxylic acids is 3. The normalized spacial score (nSPS) is 28.1. The number of oxime groups is 1. The van der Waals surface area contributed by atoms with Crippen LogP contribution in [0.1, 0.15) is 0 Å². The second-order valence-electron chi connectivity index (χ2n) is 5.05. The van der Waals surface area contributed by atoms with Crippen molar-refractivity contribution in [3.05, 3.63) is 0 Å². The van der Waals surface area contributed by atoms with Crippen LogP contribution in [0.15, 0.2) is 5.16 Å². The number of ether oxygens (including phenoxy) is 1. The molecule has 11 nitrogen and oxygen atoms in total. The molecule has 2 heterocycles. The predicted molar refractivity (Wildman–Crippen MR) is 95.0 cm³/mol. The van der Waals surface area contributed by atoms with Gasteiger partial charge in [0, 0.05) is 5.75 Å². The number of rotatable bonds is 6. The molecule has 0 spiro atoms. The minimum atomic E-state index is -1.64. The fourth-order valence-corrected chi connectivity index (χ4v) is 4.13. The second kappa shape index (κ2) is 8.54. The van der Waals surface area contributed by atoms with Crippen LogP contribution in [0.5, 0.6) is 0 Å². The van der Waals surface area contributed by atoms with Crippen molar-refractivity contribution < 1.29 is 39.0 Å². The molecule has 2 rings (SSSR count). The summed E-state index contributed by atoms with van der Waals surface area (Å²) in [6.07, 6.45) is -4.19. The molecule has 144 valence electrons. The third kappa shape index (κ3) is 4.13. The number of halogens is 2. The largest absolute Gasteiger partial charge is 0.507 e. The van der Waals surface area contributed by atoms with Crippen LogP contribution in [0.4, 0.5) is 4.79 Å². The molecule has 0 aromatic carbocycles. The van der Waals surface area contributed by atoms with Gasteiger partial charge in [0.05, 0.1) is 0 Å². The molecule has 0 radical (unpaired) electrons. The van der Waals surface area contributed by atoms with E-state index in [1.807, 2.05) is 0 Å². The maximum absolute atomic E-state index is 12.3. The van der Waals surface area contributed by atoms with Crippen LogP contribution in [0, 0.1) is 0 Å². The van der Waals surface area contributed by atoms with Gasteiger partial charge in [0.25, 0.3) is 11.8 Å². The first-order valence-electron chi connectivity index (χ1n) is 6.94. The maximum atomic E-state index is 12.3. The summed E-state index contributed by atoms with van der Waals surface area (Å²) in [6, 6.07) is -1.03. The van der Waals surface area contributed by atoms with Crippen molar-refractivity contribution >= 4 is 73.1 Å². The molecule has 2 aliphatic heterocycles. The van der Waals surface area contributed by atoms with Gasteiger partial charge in [0.15, 0.2) is 0 Å². The number of amides is 2. The number of carboxylic acid groups (broad SMARTS) is 1. The van der Waals surface area contributed by atoms with Gasteiger partial charge in [-0.2, -0.15) is 0 Å². The molecule has 0 saturated carbocycles. The average Bonchev–Trinajstić information content (AvgIpc) is 2.57. The molecule has 0 bridgehead atoms. The van der Waals surface area contributed by atoms with E-state index in [4.69, 9.17) is 5.11 Å². The molecule has 3 unspecified atom stereocenters. The van der Waals surface area contributed by atoms with Crippen molar-refractivity contribution in [3.8, 4) is 0 Å². The van der Waals surface area contributed by atoms with Crippen LogP contribution in [0.3, 0.4) is 0 Å². The van der Waals surface area contributed by atoms with Crippen molar-refractivity contribution in [2.45, 2.75) is 27.5 Å². The van der Waals surface area contributed by atoms with E-state index in [-0.39, 0.29) is 5.75 Å². The lowest BCUT2D eigenvalue weighted by Crippen LogP contribution is -2.76. The summed E-state index contributed by atoms with van der Waals surface area (Å²) in [4.78, 5) is 52.8. The zero-order valence-electron chi connectivity index (χ0n) is 13.0. The Morgan fingerprint density at radius 3 is 2.62 bits per heavy atom. The third-order valence-corrected chi connectivity index (χ3v) is 5.66. The van der Waals surface area contributed by atoms with Crippen molar-refractivity contribution in [1.82, 2.24) is 10.2 Å². The van der Waals surface area contributed by atoms with Crippen molar-refractivity contribution in [3.63, 3.8) is 0 Å². The molecule has 0 aromatic heterocycles.